The SMILES string of the molecule is COc1cc(B2OC(C)(C)C(C)(C)O2)cc(N)c1F. The Hall–Kier alpha value is -1.27. The molecule has 0 bridgehead atoms. The van der Waals surface area contributed by atoms with Crippen LogP contribution in [0, 0.1) is 5.82 Å². The van der Waals surface area contributed by atoms with Crippen molar-refractivity contribution in [1.29, 1.82) is 0 Å². The molecule has 0 spiro atoms. The van der Waals surface area contributed by atoms with E-state index in [0.717, 1.165) is 0 Å². The third-order valence-electron chi connectivity index (χ3n) is 3.84. The molecule has 1 fully saturated rings. The lowest BCUT2D eigenvalue weighted by atomic mass is 9.78. The Morgan fingerprint density at radius 2 is 1.68 bits per heavy atom. The number of methoxy groups -OCH3 is 1. The molecule has 1 aromatic carbocycles. The van der Waals surface area contributed by atoms with Crippen molar-refractivity contribution in [2.75, 3.05) is 12.8 Å². The third-order valence-corrected chi connectivity index (χ3v) is 3.84. The predicted molar refractivity (Wildman–Crippen MR) is 73.1 cm³/mol. The molecule has 2 rings (SSSR count). The van der Waals surface area contributed by atoms with Crippen LogP contribution in [-0.2, 0) is 9.31 Å². The summed E-state index contributed by atoms with van der Waals surface area (Å²) >= 11 is 0. The van der Waals surface area contributed by atoms with Gasteiger partial charge in [0, 0.05) is 0 Å². The van der Waals surface area contributed by atoms with Gasteiger partial charge in [0.15, 0.2) is 11.6 Å². The summed E-state index contributed by atoms with van der Waals surface area (Å²) in [4.78, 5) is 0. The van der Waals surface area contributed by atoms with Crippen molar-refractivity contribution < 1.29 is 18.4 Å². The summed E-state index contributed by atoms with van der Waals surface area (Å²) in [6.45, 7) is 7.82. The van der Waals surface area contributed by atoms with Crippen LogP contribution in [0.4, 0.5) is 10.1 Å². The van der Waals surface area contributed by atoms with Crippen molar-refractivity contribution in [2.45, 2.75) is 38.9 Å². The van der Waals surface area contributed by atoms with E-state index in [1.54, 1.807) is 6.07 Å². The van der Waals surface area contributed by atoms with Gasteiger partial charge >= 0.3 is 7.12 Å². The van der Waals surface area contributed by atoms with Gasteiger partial charge in [-0.2, -0.15) is 0 Å². The standard InChI is InChI=1S/C13H19BFNO3/c1-12(2)13(3,4)19-14(18-12)8-6-9(16)11(15)10(7-8)17-5/h6-7H,16H2,1-5H3. The number of hydrogen-bond donors (Lipinski definition) is 1. The van der Waals surface area contributed by atoms with Crippen LogP contribution < -0.4 is 15.9 Å². The van der Waals surface area contributed by atoms with Crippen molar-refractivity contribution >= 4 is 18.3 Å². The predicted octanol–water partition coefficient (Wildman–Crippen LogP) is 1.72. The number of benzene rings is 1. The smallest absolute Gasteiger partial charge is 0.494 e. The number of halogens is 1. The van der Waals surface area contributed by atoms with Gasteiger partial charge in [-0.1, -0.05) is 0 Å². The van der Waals surface area contributed by atoms with Crippen LogP contribution in [0.3, 0.4) is 0 Å². The van der Waals surface area contributed by atoms with Crippen LogP contribution in [0.15, 0.2) is 12.1 Å². The highest BCUT2D eigenvalue weighted by Gasteiger charge is 2.51. The van der Waals surface area contributed by atoms with Crippen molar-refractivity contribution in [3.05, 3.63) is 17.9 Å². The summed E-state index contributed by atoms with van der Waals surface area (Å²) in [5.74, 6) is -0.479. The summed E-state index contributed by atoms with van der Waals surface area (Å²) in [5, 5.41) is 0. The molecule has 1 aliphatic heterocycles. The Morgan fingerprint density at radius 3 is 2.16 bits per heavy atom. The molecule has 0 unspecified atom stereocenters. The van der Waals surface area contributed by atoms with Crippen LogP contribution in [0.25, 0.3) is 0 Å². The molecule has 19 heavy (non-hydrogen) atoms. The van der Waals surface area contributed by atoms with Gasteiger partial charge in [-0.15, -0.1) is 0 Å². The van der Waals surface area contributed by atoms with E-state index < -0.39 is 24.1 Å². The van der Waals surface area contributed by atoms with Gasteiger partial charge in [-0.25, -0.2) is 4.39 Å². The van der Waals surface area contributed by atoms with Crippen molar-refractivity contribution in [2.24, 2.45) is 0 Å². The Labute approximate surface area is 113 Å². The van der Waals surface area contributed by atoms with Crippen molar-refractivity contribution in [3.8, 4) is 5.75 Å². The van der Waals surface area contributed by atoms with Gasteiger partial charge in [0.25, 0.3) is 0 Å². The highest BCUT2D eigenvalue weighted by Crippen LogP contribution is 2.37. The molecule has 0 aliphatic carbocycles. The third kappa shape index (κ3) is 2.30. The molecule has 1 saturated heterocycles. The van der Waals surface area contributed by atoms with Gasteiger partial charge in [0.1, 0.15) is 0 Å². The van der Waals surface area contributed by atoms with E-state index in [1.165, 1.54) is 13.2 Å². The van der Waals surface area contributed by atoms with Crippen LogP contribution in [0.1, 0.15) is 27.7 Å². The van der Waals surface area contributed by atoms with E-state index in [4.69, 9.17) is 19.8 Å². The number of nitrogen functional groups attached to an aromatic ring is 1. The summed E-state index contributed by atoms with van der Waals surface area (Å²) in [6.07, 6.45) is 0. The number of rotatable bonds is 2. The van der Waals surface area contributed by atoms with Crippen LogP contribution >= 0.6 is 0 Å². The number of hydrogen-bond acceptors (Lipinski definition) is 4. The molecule has 0 amide bonds. The minimum absolute atomic E-state index is 0.0177. The van der Waals surface area contributed by atoms with E-state index >= 15 is 0 Å². The molecule has 1 aliphatic rings. The summed E-state index contributed by atoms with van der Waals surface area (Å²) in [5.41, 5.74) is 5.40. The number of ether oxygens (including phenoxy) is 1. The first kappa shape index (κ1) is 14.2. The minimum atomic E-state index is -0.582. The topological polar surface area (TPSA) is 53.7 Å². The Kier molecular flexibility index (Phi) is 3.27. The number of nitrogens with two attached hydrogens (primary N) is 1. The maximum atomic E-state index is 13.6. The highest BCUT2D eigenvalue weighted by atomic mass is 19.1. The average molecular weight is 267 g/mol. The maximum Gasteiger partial charge on any atom is 0.495 e. The van der Waals surface area contributed by atoms with Gasteiger partial charge in [0.2, 0.25) is 0 Å². The molecule has 6 heteroatoms. The summed E-state index contributed by atoms with van der Waals surface area (Å²) < 4.78 is 30.4. The zero-order valence-electron chi connectivity index (χ0n) is 11.9. The molecular formula is C13H19BFNO3. The largest absolute Gasteiger partial charge is 0.495 e. The lowest BCUT2D eigenvalue weighted by Crippen LogP contribution is -2.41. The van der Waals surface area contributed by atoms with E-state index in [0.29, 0.717) is 5.46 Å². The zero-order valence-corrected chi connectivity index (χ0v) is 11.9. The quantitative estimate of drug-likeness (QED) is 0.654. The highest BCUT2D eigenvalue weighted by molar-refractivity contribution is 6.62. The molecule has 0 atom stereocenters. The molecule has 1 heterocycles. The van der Waals surface area contributed by atoms with Gasteiger partial charge < -0.3 is 19.8 Å². The lowest BCUT2D eigenvalue weighted by molar-refractivity contribution is 0.00578. The van der Waals surface area contributed by atoms with Crippen LogP contribution in [-0.4, -0.2) is 25.4 Å². The first-order valence-corrected chi connectivity index (χ1v) is 6.16. The second kappa shape index (κ2) is 4.39. The second-order valence-corrected chi connectivity index (χ2v) is 5.71. The van der Waals surface area contributed by atoms with Gasteiger partial charge in [-0.3, -0.25) is 0 Å². The van der Waals surface area contributed by atoms with Crippen molar-refractivity contribution in [1.82, 2.24) is 0 Å². The Bertz CT molecular complexity index is 489. The zero-order chi connectivity index (χ0) is 14.4. The summed E-state index contributed by atoms with van der Waals surface area (Å²) in [6, 6.07) is 3.06. The molecule has 0 aromatic heterocycles. The van der Waals surface area contributed by atoms with Gasteiger partial charge in [-0.05, 0) is 45.3 Å². The first-order chi connectivity index (χ1) is 8.68. The maximum absolute atomic E-state index is 13.6. The Balaban J connectivity index is 2.37. The molecule has 104 valence electrons. The fourth-order valence-electron chi connectivity index (χ4n) is 1.91. The Morgan fingerprint density at radius 1 is 1.16 bits per heavy atom. The minimum Gasteiger partial charge on any atom is -0.494 e. The normalized spacial score (nSPS) is 20.6. The molecule has 0 saturated carbocycles. The molecule has 4 nitrogen and oxygen atoms in total. The van der Waals surface area contributed by atoms with E-state index in [1.807, 2.05) is 27.7 Å². The van der Waals surface area contributed by atoms with Crippen LogP contribution in [0.2, 0.25) is 0 Å². The van der Waals surface area contributed by atoms with E-state index in [-0.39, 0.29) is 11.4 Å². The fourth-order valence-corrected chi connectivity index (χ4v) is 1.91. The first-order valence-electron chi connectivity index (χ1n) is 6.16. The number of anilines is 1. The van der Waals surface area contributed by atoms with Gasteiger partial charge in [0.05, 0.1) is 24.0 Å². The summed E-state index contributed by atoms with van der Waals surface area (Å²) in [7, 11) is 0.813. The lowest BCUT2D eigenvalue weighted by Gasteiger charge is -2.32. The average Bonchev–Trinajstić information content (AvgIpc) is 2.52. The van der Waals surface area contributed by atoms with Crippen LogP contribution in [0.5, 0.6) is 5.75 Å². The molecule has 2 N–H and O–H groups in total. The molecular weight excluding hydrogens is 248 g/mol. The van der Waals surface area contributed by atoms with E-state index in [9.17, 15) is 4.39 Å². The van der Waals surface area contributed by atoms with Crippen molar-refractivity contribution in [3.63, 3.8) is 0 Å². The monoisotopic (exact) mass is 267 g/mol. The fraction of sp³-hybridized carbons (Fsp3) is 0.538. The molecule has 0 radical (unpaired) electrons. The second-order valence-electron chi connectivity index (χ2n) is 5.71. The molecule has 1 aromatic rings. The van der Waals surface area contributed by atoms with E-state index in [2.05, 4.69) is 0 Å².